The van der Waals surface area contributed by atoms with Crippen molar-refractivity contribution in [3.63, 3.8) is 0 Å². The Morgan fingerprint density at radius 3 is 2.59 bits per heavy atom. The van der Waals surface area contributed by atoms with E-state index in [1.807, 2.05) is 0 Å². The van der Waals surface area contributed by atoms with Crippen LogP contribution in [0.25, 0.3) is 0 Å². The van der Waals surface area contributed by atoms with Crippen molar-refractivity contribution in [2.24, 2.45) is 5.14 Å². The third-order valence-electron chi connectivity index (χ3n) is 3.08. The minimum absolute atomic E-state index is 0.0559. The quantitative estimate of drug-likeness (QED) is 0.595. The lowest BCUT2D eigenvalue weighted by atomic mass is 10.3. The highest BCUT2D eigenvalue weighted by Crippen LogP contribution is 2.17. The number of nitrogens with zero attached hydrogens (tertiary/aromatic N) is 1. The van der Waals surface area contributed by atoms with Gasteiger partial charge in [-0.2, -0.15) is 0 Å². The highest BCUT2D eigenvalue weighted by atomic mass is 32.2. The number of rotatable bonds is 6. The number of thiazole rings is 1. The topological polar surface area (TPSA) is 158 Å². The van der Waals surface area contributed by atoms with Crippen LogP contribution in [-0.4, -0.2) is 37.3 Å². The summed E-state index contributed by atoms with van der Waals surface area (Å²) in [5.41, 5.74) is 0.121. The fourth-order valence-electron chi connectivity index (χ4n) is 1.84. The zero-order valence-electron chi connectivity index (χ0n) is 14.3. The van der Waals surface area contributed by atoms with Crippen molar-refractivity contribution in [3.05, 3.63) is 35.3 Å². The van der Waals surface area contributed by atoms with Gasteiger partial charge in [-0.3, -0.25) is 9.59 Å². The van der Waals surface area contributed by atoms with Gasteiger partial charge in [-0.25, -0.2) is 23.3 Å². The Morgan fingerprint density at radius 2 is 1.96 bits per heavy atom. The number of anilines is 2. The molecule has 0 saturated carbocycles. The molecule has 144 valence electrons. The molecule has 27 heavy (non-hydrogen) atoms. The zero-order chi connectivity index (χ0) is 20.2. The average molecular weight is 412 g/mol. The van der Waals surface area contributed by atoms with Gasteiger partial charge in [0.2, 0.25) is 15.9 Å². The lowest BCUT2D eigenvalue weighted by molar-refractivity contribution is -0.123. The van der Waals surface area contributed by atoms with E-state index in [1.54, 1.807) is 0 Å². The molecule has 1 atom stereocenters. The average Bonchev–Trinajstić information content (AvgIpc) is 3.02. The lowest BCUT2D eigenvalue weighted by Crippen LogP contribution is -2.30. The minimum Gasteiger partial charge on any atom is -0.448 e. The van der Waals surface area contributed by atoms with Crippen LogP contribution < -0.4 is 15.8 Å². The Morgan fingerprint density at radius 1 is 1.26 bits per heavy atom. The molecule has 2 amide bonds. The summed E-state index contributed by atoms with van der Waals surface area (Å²) in [4.78, 5) is 38.9. The molecule has 0 aliphatic carbocycles. The fraction of sp³-hybridized carbons (Fsp3) is 0.200. The number of primary sulfonamides is 1. The van der Waals surface area contributed by atoms with Crippen molar-refractivity contribution in [1.29, 1.82) is 0 Å². The van der Waals surface area contributed by atoms with Crippen molar-refractivity contribution in [2.75, 3.05) is 10.6 Å². The molecular formula is C15H16N4O6S2. The van der Waals surface area contributed by atoms with E-state index in [9.17, 15) is 22.8 Å². The molecule has 1 aromatic heterocycles. The number of carbonyl (C=O) groups excluding carboxylic acids is 3. The molecule has 0 radical (unpaired) electrons. The van der Waals surface area contributed by atoms with Crippen LogP contribution in [0.4, 0.5) is 10.8 Å². The minimum atomic E-state index is -3.92. The van der Waals surface area contributed by atoms with Crippen LogP contribution >= 0.6 is 11.3 Å². The number of aromatic nitrogens is 1. The smallest absolute Gasteiger partial charge is 0.358 e. The number of benzene rings is 1. The third kappa shape index (κ3) is 5.84. The monoisotopic (exact) mass is 412 g/mol. The standard InChI is InChI=1S/C15H16N4O6S2/c1-8(25-14(22)12-7-26-15(19-12)17-9(2)20)13(21)18-10-4-3-5-11(6-10)27(16,23)24/h3-8H,1-2H3,(H,18,21)(H2,16,23,24)(H,17,19,20). The van der Waals surface area contributed by atoms with Crippen molar-refractivity contribution >= 4 is 50.0 Å². The largest absolute Gasteiger partial charge is 0.448 e. The Bertz CT molecular complexity index is 986. The summed E-state index contributed by atoms with van der Waals surface area (Å²) in [6.07, 6.45) is -1.18. The predicted molar refractivity (Wildman–Crippen MR) is 97.7 cm³/mol. The molecule has 1 aromatic carbocycles. The number of sulfonamides is 1. The maximum absolute atomic E-state index is 12.1. The van der Waals surface area contributed by atoms with Crippen molar-refractivity contribution < 1.29 is 27.5 Å². The molecule has 1 unspecified atom stereocenters. The number of amides is 2. The van der Waals surface area contributed by atoms with Crippen LogP contribution in [-0.2, 0) is 24.3 Å². The van der Waals surface area contributed by atoms with Crippen LogP contribution in [0, 0.1) is 0 Å². The highest BCUT2D eigenvalue weighted by Gasteiger charge is 2.21. The molecule has 2 aromatic rings. The summed E-state index contributed by atoms with van der Waals surface area (Å²) >= 11 is 1.04. The van der Waals surface area contributed by atoms with E-state index in [-0.39, 0.29) is 27.3 Å². The third-order valence-corrected chi connectivity index (χ3v) is 4.75. The molecule has 0 fully saturated rings. The number of hydrogen-bond acceptors (Lipinski definition) is 8. The maximum Gasteiger partial charge on any atom is 0.358 e. The summed E-state index contributed by atoms with van der Waals surface area (Å²) in [6, 6.07) is 5.33. The van der Waals surface area contributed by atoms with E-state index in [4.69, 9.17) is 9.88 Å². The molecule has 2 rings (SSSR count). The SMILES string of the molecule is CC(=O)Nc1nc(C(=O)OC(C)C(=O)Nc2cccc(S(N)(=O)=O)c2)cs1. The van der Waals surface area contributed by atoms with Gasteiger partial charge < -0.3 is 15.4 Å². The Kier molecular flexibility index (Phi) is 6.25. The lowest BCUT2D eigenvalue weighted by Gasteiger charge is -2.13. The van der Waals surface area contributed by atoms with Gasteiger partial charge in [0.05, 0.1) is 4.90 Å². The van der Waals surface area contributed by atoms with Gasteiger partial charge in [0.1, 0.15) is 0 Å². The first-order valence-electron chi connectivity index (χ1n) is 7.44. The fourth-order valence-corrected chi connectivity index (χ4v) is 3.13. The number of nitrogens with two attached hydrogens (primary N) is 1. The molecule has 4 N–H and O–H groups in total. The van der Waals surface area contributed by atoms with E-state index >= 15 is 0 Å². The van der Waals surface area contributed by atoms with Crippen LogP contribution in [0.1, 0.15) is 24.3 Å². The van der Waals surface area contributed by atoms with Crippen LogP contribution in [0.5, 0.6) is 0 Å². The Balaban J connectivity index is 2.00. The second-order valence-electron chi connectivity index (χ2n) is 5.33. The molecular weight excluding hydrogens is 396 g/mol. The van der Waals surface area contributed by atoms with E-state index < -0.39 is 28.0 Å². The number of hydrogen-bond donors (Lipinski definition) is 3. The summed E-state index contributed by atoms with van der Waals surface area (Å²) in [5.74, 6) is -1.85. The first-order chi connectivity index (χ1) is 12.6. The van der Waals surface area contributed by atoms with Crippen molar-refractivity contribution in [2.45, 2.75) is 24.8 Å². The summed E-state index contributed by atoms with van der Waals surface area (Å²) in [6.45, 7) is 2.65. The van der Waals surface area contributed by atoms with Gasteiger partial charge in [-0.15, -0.1) is 11.3 Å². The molecule has 0 bridgehead atoms. The van der Waals surface area contributed by atoms with E-state index in [0.29, 0.717) is 0 Å². The number of nitrogens with one attached hydrogen (secondary N) is 2. The second kappa shape index (κ2) is 8.24. The normalized spacial score (nSPS) is 12.1. The number of carbonyl (C=O) groups is 3. The van der Waals surface area contributed by atoms with Gasteiger partial charge in [0, 0.05) is 18.0 Å². The van der Waals surface area contributed by atoms with Crippen LogP contribution in [0.3, 0.4) is 0 Å². The maximum atomic E-state index is 12.1. The first kappa shape index (κ1) is 20.5. The Labute approximate surface area is 158 Å². The van der Waals surface area contributed by atoms with Gasteiger partial charge in [0.25, 0.3) is 5.91 Å². The molecule has 1 heterocycles. The first-order valence-corrected chi connectivity index (χ1v) is 9.86. The summed E-state index contributed by atoms with van der Waals surface area (Å²) in [7, 11) is -3.92. The number of ether oxygens (including phenoxy) is 1. The van der Waals surface area contributed by atoms with Crippen molar-refractivity contribution in [3.8, 4) is 0 Å². The highest BCUT2D eigenvalue weighted by molar-refractivity contribution is 7.89. The molecule has 0 aliphatic rings. The summed E-state index contributed by atoms with van der Waals surface area (Å²) < 4.78 is 27.7. The van der Waals surface area contributed by atoms with E-state index in [2.05, 4.69) is 15.6 Å². The molecule has 12 heteroatoms. The van der Waals surface area contributed by atoms with Crippen LogP contribution in [0.15, 0.2) is 34.5 Å². The molecule has 0 saturated heterocycles. The molecule has 0 aliphatic heterocycles. The second-order valence-corrected chi connectivity index (χ2v) is 7.75. The van der Waals surface area contributed by atoms with Gasteiger partial charge >= 0.3 is 5.97 Å². The molecule has 0 spiro atoms. The number of esters is 1. The molecule has 10 nitrogen and oxygen atoms in total. The van der Waals surface area contributed by atoms with E-state index in [0.717, 1.165) is 11.3 Å². The van der Waals surface area contributed by atoms with Crippen LogP contribution in [0.2, 0.25) is 0 Å². The zero-order valence-corrected chi connectivity index (χ0v) is 15.9. The van der Waals surface area contributed by atoms with Gasteiger partial charge in [-0.05, 0) is 25.1 Å². The van der Waals surface area contributed by atoms with Crippen molar-refractivity contribution in [1.82, 2.24) is 4.98 Å². The predicted octanol–water partition coefficient (Wildman–Crippen LogP) is 0.933. The van der Waals surface area contributed by atoms with Gasteiger partial charge in [-0.1, -0.05) is 6.07 Å². The van der Waals surface area contributed by atoms with E-state index in [1.165, 1.54) is 43.5 Å². The van der Waals surface area contributed by atoms with Gasteiger partial charge in [0.15, 0.2) is 16.9 Å². The Hall–Kier alpha value is -2.83. The summed E-state index contributed by atoms with van der Waals surface area (Å²) in [5, 5.41) is 11.5.